The molecule has 43 heavy (non-hydrogen) atoms. The molecule has 226 valence electrons. The number of aromatic nitrogens is 1. The SMILES string of the molecule is CCOC(=O)C1=C(C)N=c2s/c(=C/c3ccc(OCC(=O)N4CCOCC4)cc3)c(=O)n2[C@@H]1c1ccc(OC)c(OC)c1. The van der Waals surface area contributed by atoms with E-state index in [-0.39, 0.29) is 30.3 Å². The standard InChI is InChI=1S/C31H33N3O8S/c1-5-41-30(37)27-19(2)32-31-34(28(27)21-8-11-23(38-3)24(17-21)39-4)29(36)25(43-31)16-20-6-9-22(10-7-20)42-18-26(35)33-12-14-40-15-13-33/h6-11,16-17,28H,5,12-15,18H2,1-4H3/b25-16+/t28-/m1/s1. The Morgan fingerprint density at radius 3 is 2.47 bits per heavy atom. The first-order valence-corrected chi connectivity index (χ1v) is 14.7. The van der Waals surface area contributed by atoms with E-state index in [4.69, 9.17) is 23.7 Å². The molecule has 0 N–H and O–H groups in total. The molecule has 5 rings (SSSR count). The fourth-order valence-corrected chi connectivity index (χ4v) is 6.04. The molecule has 1 fully saturated rings. The lowest BCUT2D eigenvalue weighted by atomic mass is 9.95. The number of ether oxygens (including phenoxy) is 5. The number of fused-ring (bicyclic) bond motifs is 1. The summed E-state index contributed by atoms with van der Waals surface area (Å²) in [7, 11) is 3.07. The van der Waals surface area contributed by atoms with E-state index in [0.29, 0.717) is 64.1 Å². The maximum atomic E-state index is 13.9. The Morgan fingerprint density at radius 2 is 1.79 bits per heavy atom. The molecule has 0 saturated carbocycles. The van der Waals surface area contributed by atoms with Gasteiger partial charge < -0.3 is 28.6 Å². The number of methoxy groups -OCH3 is 2. The normalized spacial score (nSPS) is 16.8. The van der Waals surface area contributed by atoms with E-state index in [0.717, 1.165) is 5.56 Å². The average molecular weight is 608 g/mol. The van der Waals surface area contributed by atoms with Crippen LogP contribution >= 0.6 is 11.3 Å². The van der Waals surface area contributed by atoms with Crippen LogP contribution in [0.15, 0.2) is 63.5 Å². The van der Waals surface area contributed by atoms with Crippen LogP contribution in [-0.2, 0) is 19.1 Å². The van der Waals surface area contributed by atoms with E-state index in [1.807, 2.05) is 12.1 Å². The number of amides is 1. The third kappa shape index (κ3) is 6.35. The first-order valence-electron chi connectivity index (χ1n) is 13.8. The highest BCUT2D eigenvalue weighted by molar-refractivity contribution is 7.07. The lowest BCUT2D eigenvalue weighted by molar-refractivity contribution is -0.139. The molecular formula is C31H33N3O8S. The van der Waals surface area contributed by atoms with E-state index in [1.165, 1.54) is 23.0 Å². The number of morpholine rings is 1. The average Bonchev–Trinajstić information content (AvgIpc) is 3.33. The Bertz CT molecular complexity index is 1720. The van der Waals surface area contributed by atoms with Gasteiger partial charge in [0.1, 0.15) is 5.75 Å². The Hall–Kier alpha value is -4.42. The molecule has 11 nitrogen and oxygen atoms in total. The van der Waals surface area contributed by atoms with Crippen LogP contribution in [0.2, 0.25) is 0 Å². The van der Waals surface area contributed by atoms with Crippen LogP contribution < -0.4 is 29.1 Å². The van der Waals surface area contributed by atoms with Crippen molar-refractivity contribution in [2.24, 2.45) is 4.99 Å². The number of esters is 1. The van der Waals surface area contributed by atoms with Crippen LogP contribution in [0.1, 0.15) is 31.0 Å². The zero-order valence-electron chi connectivity index (χ0n) is 24.5. The molecule has 0 unspecified atom stereocenters. The summed E-state index contributed by atoms with van der Waals surface area (Å²) in [6.45, 7) is 5.77. The quantitative estimate of drug-likeness (QED) is 0.340. The molecular weight excluding hydrogens is 574 g/mol. The van der Waals surface area contributed by atoms with Gasteiger partial charge in [0.25, 0.3) is 11.5 Å². The Morgan fingerprint density at radius 1 is 1.07 bits per heavy atom. The Labute approximate surface area is 252 Å². The molecule has 0 aliphatic carbocycles. The van der Waals surface area contributed by atoms with Gasteiger partial charge in [0, 0.05) is 13.1 Å². The van der Waals surface area contributed by atoms with E-state index in [9.17, 15) is 14.4 Å². The molecule has 2 aliphatic rings. The van der Waals surface area contributed by atoms with Gasteiger partial charge >= 0.3 is 5.97 Å². The molecule has 1 atom stereocenters. The lowest BCUT2D eigenvalue weighted by Crippen LogP contribution is -2.42. The third-order valence-corrected chi connectivity index (χ3v) is 8.13. The molecule has 0 bridgehead atoms. The number of hydrogen-bond acceptors (Lipinski definition) is 10. The number of nitrogens with zero attached hydrogens (tertiary/aromatic N) is 3. The van der Waals surface area contributed by atoms with E-state index in [2.05, 4.69) is 4.99 Å². The Kier molecular flexibility index (Phi) is 9.27. The predicted molar refractivity (Wildman–Crippen MR) is 159 cm³/mol. The summed E-state index contributed by atoms with van der Waals surface area (Å²) >= 11 is 1.23. The number of thiazole rings is 1. The van der Waals surface area contributed by atoms with Crippen LogP contribution in [0, 0.1) is 0 Å². The van der Waals surface area contributed by atoms with Crippen molar-refractivity contribution in [3.8, 4) is 17.2 Å². The van der Waals surface area contributed by atoms with Crippen LogP contribution in [-0.4, -0.2) is 75.1 Å². The van der Waals surface area contributed by atoms with Crippen molar-refractivity contribution in [1.82, 2.24) is 9.47 Å². The summed E-state index contributed by atoms with van der Waals surface area (Å²) in [4.78, 5) is 46.2. The summed E-state index contributed by atoms with van der Waals surface area (Å²) in [6.07, 6.45) is 1.77. The molecule has 1 saturated heterocycles. The van der Waals surface area contributed by atoms with Crippen molar-refractivity contribution >= 4 is 29.3 Å². The van der Waals surface area contributed by atoms with Crippen molar-refractivity contribution < 1.29 is 33.3 Å². The highest BCUT2D eigenvalue weighted by Gasteiger charge is 2.34. The highest BCUT2D eigenvalue weighted by atomic mass is 32.1. The van der Waals surface area contributed by atoms with E-state index in [1.54, 1.807) is 62.3 Å². The first kappa shape index (κ1) is 30.1. The fourth-order valence-electron chi connectivity index (χ4n) is 4.99. The monoisotopic (exact) mass is 607 g/mol. The molecule has 1 aromatic heterocycles. The zero-order valence-corrected chi connectivity index (χ0v) is 25.3. The summed E-state index contributed by atoms with van der Waals surface area (Å²) in [5.41, 5.74) is 1.87. The minimum Gasteiger partial charge on any atom is -0.493 e. The molecule has 3 heterocycles. The summed E-state index contributed by atoms with van der Waals surface area (Å²) in [5.74, 6) is 0.905. The number of allylic oxidation sites excluding steroid dienone is 1. The van der Waals surface area contributed by atoms with Crippen LogP contribution in [0.3, 0.4) is 0 Å². The number of carbonyl (C=O) groups is 2. The minimum absolute atomic E-state index is 0.0593. The maximum absolute atomic E-state index is 13.9. The van der Waals surface area contributed by atoms with Gasteiger partial charge in [-0.2, -0.15) is 0 Å². The summed E-state index contributed by atoms with van der Waals surface area (Å²) < 4.78 is 29.2. The predicted octanol–water partition coefficient (Wildman–Crippen LogP) is 2.05. The van der Waals surface area contributed by atoms with Gasteiger partial charge in [0.15, 0.2) is 22.9 Å². The van der Waals surface area contributed by atoms with Gasteiger partial charge in [-0.1, -0.05) is 29.5 Å². The molecule has 0 radical (unpaired) electrons. The second-order valence-electron chi connectivity index (χ2n) is 9.77. The van der Waals surface area contributed by atoms with Crippen LogP contribution in [0.4, 0.5) is 0 Å². The topological polar surface area (TPSA) is 118 Å². The van der Waals surface area contributed by atoms with Gasteiger partial charge in [0.05, 0.1) is 55.9 Å². The van der Waals surface area contributed by atoms with Gasteiger partial charge in [0.2, 0.25) is 0 Å². The molecule has 0 spiro atoms. The fraction of sp³-hybridized carbons (Fsp3) is 0.355. The maximum Gasteiger partial charge on any atom is 0.338 e. The number of benzene rings is 2. The van der Waals surface area contributed by atoms with E-state index >= 15 is 0 Å². The van der Waals surface area contributed by atoms with Crippen molar-refractivity contribution in [3.63, 3.8) is 0 Å². The number of rotatable bonds is 9. The van der Waals surface area contributed by atoms with Gasteiger partial charge in [-0.05, 0) is 55.3 Å². The van der Waals surface area contributed by atoms with Crippen LogP contribution in [0.5, 0.6) is 17.2 Å². The molecule has 1 amide bonds. The minimum atomic E-state index is -0.781. The number of carbonyl (C=O) groups excluding carboxylic acids is 2. The summed E-state index contributed by atoms with van der Waals surface area (Å²) in [6, 6.07) is 11.6. The molecule has 2 aliphatic heterocycles. The van der Waals surface area contributed by atoms with Crippen molar-refractivity contribution in [2.45, 2.75) is 19.9 Å². The van der Waals surface area contributed by atoms with Gasteiger partial charge in [-0.25, -0.2) is 9.79 Å². The highest BCUT2D eigenvalue weighted by Crippen LogP contribution is 2.36. The lowest BCUT2D eigenvalue weighted by Gasteiger charge is -2.26. The first-order chi connectivity index (χ1) is 20.8. The zero-order chi connectivity index (χ0) is 30.5. The van der Waals surface area contributed by atoms with Crippen molar-refractivity contribution in [1.29, 1.82) is 0 Å². The summed E-state index contributed by atoms with van der Waals surface area (Å²) in [5, 5.41) is 0. The Balaban J connectivity index is 1.47. The molecule has 2 aromatic carbocycles. The molecule has 12 heteroatoms. The van der Waals surface area contributed by atoms with Crippen LogP contribution in [0.25, 0.3) is 6.08 Å². The van der Waals surface area contributed by atoms with Gasteiger partial charge in [-0.3, -0.25) is 14.2 Å². The largest absolute Gasteiger partial charge is 0.493 e. The van der Waals surface area contributed by atoms with Crippen molar-refractivity contribution in [3.05, 3.63) is 84.5 Å². The van der Waals surface area contributed by atoms with E-state index < -0.39 is 12.0 Å². The molecule has 3 aromatic rings. The second-order valence-corrected chi connectivity index (χ2v) is 10.8. The van der Waals surface area contributed by atoms with Gasteiger partial charge in [-0.15, -0.1) is 0 Å². The number of hydrogen-bond donors (Lipinski definition) is 0. The smallest absolute Gasteiger partial charge is 0.338 e. The third-order valence-electron chi connectivity index (χ3n) is 7.14. The van der Waals surface area contributed by atoms with Crippen molar-refractivity contribution in [2.75, 3.05) is 53.7 Å². The second kappa shape index (κ2) is 13.3.